The summed E-state index contributed by atoms with van der Waals surface area (Å²) < 4.78 is 5.79. The molecule has 78 valence electrons. The van der Waals surface area contributed by atoms with Crippen molar-refractivity contribution in [3.8, 4) is 11.8 Å². The van der Waals surface area contributed by atoms with Gasteiger partial charge in [-0.1, -0.05) is 15.9 Å². The number of hydrogen-bond acceptors (Lipinski definition) is 3. The molecule has 1 aromatic carbocycles. The first kappa shape index (κ1) is 12.5. The van der Waals surface area contributed by atoms with E-state index in [-0.39, 0.29) is 11.1 Å². The van der Waals surface area contributed by atoms with Gasteiger partial charge in [0.05, 0.1) is 18.0 Å². The van der Waals surface area contributed by atoms with Gasteiger partial charge in [-0.25, -0.2) is 0 Å². The summed E-state index contributed by atoms with van der Waals surface area (Å²) in [6.07, 6.45) is 0. The lowest BCUT2D eigenvalue weighted by Crippen LogP contribution is -2.04. The maximum absolute atomic E-state index is 11.5. The van der Waals surface area contributed by atoms with Crippen molar-refractivity contribution in [2.24, 2.45) is 0 Å². The van der Waals surface area contributed by atoms with Crippen LogP contribution < -0.4 is 4.74 Å². The minimum atomic E-state index is -0.0258. The second-order valence-electron chi connectivity index (χ2n) is 2.70. The Labute approximate surface area is 110 Å². The monoisotopic (exact) mass is 379 g/mol. The minimum absolute atomic E-state index is 0.0258. The third kappa shape index (κ3) is 2.69. The van der Waals surface area contributed by atoms with Gasteiger partial charge in [-0.05, 0) is 34.7 Å². The van der Waals surface area contributed by atoms with Crippen molar-refractivity contribution in [3.05, 3.63) is 26.8 Å². The summed E-state index contributed by atoms with van der Waals surface area (Å²) in [6, 6.07) is 5.27. The fraction of sp³-hybridized carbons (Fsp3) is 0.200. The maximum atomic E-state index is 11.5. The fourth-order valence-electron chi connectivity index (χ4n) is 1.10. The van der Waals surface area contributed by atoms with E-state index < -0.39 is 0 Å². The van der Waals surface area contributed by atoms with Gasteiger partial charge in [0.25, 0.3) is 0 Å². The number of carbonyl (C=O) groups is 1. The number of rotatable bonds is 3. The van der Waals surface area contributed by atoms with Crippen LogP contribution in [0.4, 0.5) is 0 Å². The summed E-state index contributed by atoms with van der Waals surface area (Å²) in [5.74, 6) is 0.407. The molecule has 0 bridgehead atoms. The van der Waals surface area contributed by atoms with Crippen LogP contribution in [-0.4, -0.2) is 18.2 Å². The predicted molar refractivity (Wildman–Crippen MR) is 68.6 cm³/mol. The molecule has 5 heteroatoms. The molecular formula is C10H7BrINO2. The largest absolute Gasteiger partial charge is 0.495 e. The highest BCUT2D eigenvalue weighted by Crippen LogP contribution is 2.25. The molecule has 0 N–H and O–H groups in total. The van der Waals surface area contributed by atoms with Crippen LogP contribution in [0.15, 0.2) is 12.1 Å². The molecule has 0 unspecified atom stereocenters. The number of alkyl halides is 1. The summed E-state index contributed by atoms with van der Waals surface area (Å²) in [7, 11) is 1.48. The zero-order chi connectivity index (χ0) is 11.4. The van der Waals surface area contributed by atoms with Crippen LogP contribution in [0.3, 0.4) is 0 Å². The van der Waals surface area contributed by atoms with Gasteiger partial charge in [0.15, 0.2) is 5.78 Å². The molecule has 3 nitrogen and oxygen atoms in total. The second-order valence-corrected chi connectivity index (χ2v) is 4.42. The average Bonchev–Trinajstić information content (AvgIpc) is 2.27. The highest BCUT2D eigenvalue weighted by atomic mass is 127. The number of halogens is 2. The molecule has 0 fully saturated rings. The Balaban J connectivity index is 3.33. The third-order valence-corrected chi connectivity index (χ3v) is 3.23. The van der Waals surface area contributed by atoms with E-state index in [1.165, 1.54) is 7.11 Å². The summed E-state index contributed by atoms with van der Waals surface area (Å²) in [5.41, 5.74) is 1.01. The number of ketones is 1. The van der Waals surface area contributed by atoms with Gasteiger partial charge in [-0.15, -0.1) is 0 Å². The molecule has 0 aliphatic heterocycles. The van der Waals surface area contributed by atoms with Gasteiger partial charge in [0.2, 0.25) is 0 Å². The fourth-order valence-corrected chi connectivity index (χ4v) is 2.17. The molecular weight excluding hydrogens is 373 g/mol. The molecule has 0 aliphatic rings. The third-order valence-electron chi connectivity index (χ3n) is 1.83. The molecule has 0 aliphatic carbocycles. The molecule has 0 saturated carbocycles. The van der Waals surface area contributed by atoms with E-state index in [1.807, 2.05) is 28.7 Å². The van der Waals surface area contributed by atoms with E-state index in [9.17, 15) is 4.79 Å². The second kappa shape index (κ2) is 5.47. The van der Waals surface area contributed by atoms with Crippen molar-refractivity contribution in [2.45, 2.75) is 0 Å². The van der Waals surface area contributed by atoms with E-state index in [4.69, 9.17) is 10.00 Å². The average molecular weight is 380 g/mol. The molecule has 0 atom stereocenters. The number of methoxy groups -OCH3 is 1. The van der Waals surface area contributed by atoms with Gasteiger partial charge in [0, 0.05) is 9.13 Å². The number of ether oxygens (including phenoxy) is 1. The van der Waals surface area contributed by atoms with Gasteiger partial charge >= 0.3 is 0 Å². The Morgan fingerprint density at radius 3 is 2.80 bits per heavy atom. The predicted octanol–water partition coefficient (Wildman–Crippen LogP) is 2.75. The normalized spacial score (nSPS) is 9.47. The quantitative estimate of drug-likeness (QED) is 0.461. The summed E-state index contributed by atoms with van der Waals surface area (Å²) in [5, 5.41) is 9.10. The topological polar surface area (TPSA) is 50.1 Å². The van der Waals surface area contributed by atoms with Gasteiger partial charge in [-0.2, -0.15) is 5.26 Å². The zero-order valence-electron chi connectivity index (χ0n) is 7.88. The first-order valence-corrected chi connectivity index (χ1v) is 6.20. The van der Waals surface area contributed by atoms with Crippen LogP contribution in [0, 0.1) is 14.9 Å². The van der Waals surface area contributed by atoms with Crippen LogP contribution in [0.25, 0.3) is 0 Å². The highest BCUT2D eigenvalue weighted by Gasteiger charge is 2.13. The molecule has 0 aromatic heterocycles. The molecule has 1 rings (SSSR count). The van der Waals surface area contributed by atoms with Crippen LogP contribution >= 0.6 is 38.5 Å². The number of nitrogens with zero attached hydrogens (tertiary/aromatic N) is 1. The SMILES string of the molecule is COc1cc(C(=O)CBr)c(I)cc1C#N. The summed E-state index contributed by atoms with van der Waals surface area (Å²) in [6.45, 7) is 0. The number of hydrogen-bond donors (Lipinski definition) is 0. The van der Waals surface area contributed by atoms with E-state index in [2.05, 4.69) is 15.9 Å². The van der Waals surface area contributed by atoms with Crippen molar-refractivity contribution in [2.75, 3.05) is 12.4 Å². The molecule has 0 heterocycles. The van der Waals surface area contributed by atoms with Gasteiger partial charge in [-0.3, -0.25) is 4.79 Å². The highest BCUT2D eigenvalue weighted by molar-refractivity contribution is 14.1. The lowest BCUT2D eigenvalue weighted by Gasteiger charge is -2.07. The molecule has 0 spiro atoms. The minimum Gasteiger partial charge on any atom is -0.495 e. The van der Waals surface area contributed by atoms with E-state index in [0.29, 0.717) is 16.9 Å². The molecule has 0 amide bonds. The maximum Gasteiger partial charge on any atom is 0.174 e. The van der Waals surface area contributed by atoms with E-state index in [0.717, 1.165) is 3.57 Å². The van der Waals surface area contributed by atoms with Gasteiger partial charge in [0.1, 0.15) is 11.8 Å². The van der Waals surface area contributed by atoms with Crippen LogP contribution in [0.2, 0.25) is 0 Å². The van der Waals surface area contributed by atoms with Crippen molar-refractivity contribution in [3.63, 3.8) is 0 Å². The number of Topliss-reactive ketones (excluding diaryl/α,β-unsaturated/α-hetero) is 1. The van der Waals surface area contributed by atoms with Crippen LogP contribution in [0.1, 0.15) is 15.9 Å². The first-order valence-electron chi connectivity index (χ1n) is 4.00. The summed E-state index contributed by atoms with van der Waals surface area (Å²) in [4.78, 5) is 11.5. The van der Waals surface area contributed by atoms with E-state index in [1.54, 1.807) is 12.1 Å². The van der Waals surface area contributed by atoms with Crippen molar-refractivity contribution < 1.29 is 9.53 Å². The molecule has 0 radical (unpaired) electrons. The number of carbonyl (C=O) groups excluding carboxylic acids is 1. The first-order chi connectivity index (χ1) is 7.13. The molecule has 0 saturated heterocycles. The Hall–Kier alpha value is -0.610. The lowest BCUT2D eigenvalue weighted by molar-refractivity contribution is 0.102. The molecule has 1 aromatic rings. The number of benzene rings is 1. The van der Waals surface area contributed by atoms with Crippen LogP contribution in [-0.2, 0) is 0 Å². The Kier molecular flexibility index (Phi) is 4.54. The molecule has 15 heavy (non-hydrogen) atoms. The van der Waals surface area contributed by atoms with E-state index >= 15 is 0 Å². The van der Waals surface area contributed by atoms with Crippen molar-refractivity contribution in [1.82, 2.24) is 0 Å². The lowest BCUT2D eigenvalue weighted by atomic mass is 10.1. The Bertz CT molecular complexity index is 440. The Morgan fingerprint density at radius 1 is 1.67 bits per heavy atom. The Morgan fingerprint density at radius 2 is 2.33 bits per heavy atom. The zero-order valence-corrected chi connectivity index (χ0v) is 11.6. The van der Waals surface area contributed by atoms with Gasteiger partial charge < -0.3 is 4.74 Å². The summed E-state index contributed by atoms with van der Waals surface area (Å²) >= 11 is 5.14. The van der Waals surface area contributed by atoms with Crippen LogP contribution in [0.5, 0.6) is 5.75 Å². The smallest absolute Gasteiger partial charge is 0.174 e. The van der Waals surface area contributed by atoms with Crippen molar-refractivity contribution >= 4 is 44.3 Å². The van der Waals surface area contributed by atoms with Crippen molar-refractivity contribution in [1.29, 1.82) is 5.26 Å². The number of nitriles is 1. The standard InChI is InChI=1S/C10H7BrINO2/c1-15-10-3-7(9(14)4-11)8(12)2-6(10)5-13/h2-3H,4H2,1H3.